The fourth-order valence-electron chi connectivity index (χ4n) is 0.305. The van der Waals surface area contributed by atoms with Crippen LogP contribution in [0.15, 0.2) is 10.2 Å². The van der Waals surface area contributed by atoms with Crippen LogP contribution >= 0.6 is 0 Å². The van der Waals surface area contributed by atoms with Crippen molar-refractivity contribution in [2.75, 3.05) is 14.1 Å². The number of hydrogen-bond acceptors (Lipinski definition) is 2. The lowest BCUT2D eigenvalue weighted by Crippen LogP contribution is -2.06. The number of nitrogens with zero attached hydrogens (tertiary/aromatic N) is 3. The van der Waals surface area contributed by atoms with Gasteiger partial charge in [-0.25, -0.2) is 0 Å². The van der Waals surface area contributed by atoms with Crippen LogP contribution in [0.5, 0.6) is 0 Å². The second kappa shape index (κ2) is 4.97. The van der Waals surface area contributed by atoms with Gasteiger partial charge >= 0.3 is 0 Å². The molecule has 3 heteroatoms. The molecule has 0 saturated heterocycles. The zero-order chi connectivity index (χ0) is 7.98. The highest BCUT2D eigenvalue weighted by molar-refractivity contribution is 5.61. The third-order valence-electron chi connectivity index (χ3n) is 0.714. The first kappa shape index (κ1) is 9.14. The average molecular weight is 141 g/mol. The van der Waals surface area contributed by atoms with Crippen molar-refractivity contribution in [3.63, 3.8) is 0 Å². The fourth-order valence-corrected chi connectivity index (χ4v) is 0.305. The third-order valence-corrected chi connectivity index (χ3v) is 0.714. The first-order valence-corrected chi connectivity index (χ1v) is 3.36. The van der Waals surface area contributed by atoms with Crippen LogP contribution in [0.4, 0.5) is 0 Å². The van der Waals surface area contributed by atoms with Crippen molar-refractivity contribution in [2.24, 2.45) is 16.1 Å². The van der Waals surface area contributed by atoms with Crippen LogP contribution in [0.25, 0.3) is 0 Å². The van der Waals surface area contributed by atoms with Crippen molar-refractivity contribution in [3.8, 4) is 0 Å². The topological polar surface area (TPSA) is 28.0 Å². The van der Waals surface area contributed by atoms with E-state index in [0.717, 1.165) is 0 Å². The van der Waals surface area contributed by atoms with Crippen LogP contribution in [0.3, 0.4) is 0 Å². The highest BCUT2D eigenvalue weighted by Crippen LogP contribution is 1.84. The predicted octanol–water partition coefficient (Wildman–Crippen LogP) is 1.22. The molecule has 10 heavy (non-hydrogen) atoms. The van der Waals surface area contributed by atoms with Gasteiger partial charge in [0.1, 0.15) is 6.34 Å². The van der Waals surface area contributed by atoms with Crippen LogP contribution in [0.2, 0.25) is 0 Å². The summed E-state index contributed by atoms with van der Waals surface area (Å²) < 4.78 is 0. The quantitative estimate of drug-likeness (QED) is 0.330. The Balaban J connectivity index is 3.52. The minimum absolute atomic E-state index is 0.472. The Morgan fingerprint density at radius 1 is 1.20 bits per heavy atom. The third kappa shape index (κ3) is 7.14. The van der Waals surface area contributed by atoms with Crippen LogP contribution < -0.4 is 0 Å². The van der Waals surface area contributed by atoms with E-state index in [4.69, 9.17) is 0 Å². The Labute approximate surface area is 62.4 Å². The Bertz CT molecular complexity index is 109. The van der Waals surface area contributed by atoms with E-state index in [0.29, 0.717) is 5.92 Å². The van der Waals surface area contributed by atoms with E-state index in [9.17, 15) is 0 Å². The molecule has 0 atom stereocenters. The van der Waals surface area contributed by atoms with Gasteiger partial charge in [0.2, 0.25) is 0 Å². The first-order chi connectivity index (χ1) is 4.63. The molecule has 0 rings (SSSR count). The van der Waals surface area contributed by atoms with Crippen molar-refractivity contribution in [1.29, 1.82) is 0 Å². The standard InChI is InChI=1S/C7H15N3/c1-7(2)5-8-9-6-10(3)4/h5-7H,1-4H3/b8-5+,9-6-. The van der Waals surface area contributed by atoms with Crippen molar-refractivity contribution in [1.82, 2.24) is 4.90 Å². The van der Waals surface area contributed by atoms with E-state index >= 15 is 0 Å². The molecule has 0 unspecified atom stereocenters. The van der Waals surface area contributed by atoms with Gasteiger partial charge in [0.25, 0.3) is 0 Å². The van der Waals surface area contributed by atoms with Crippen molar-refractivity contribution in [2.45, 2.75) is 13.8 Å². The molecule has 0 radical (unpaired) electrons. The number of hydrogen-bond donors (Lipinski definition) is 0. The highest BCUT2D eigenvalue weighted by atomic mass is 15.3. The molecule has 0 amide bonds. The second-order valence-electron chi connectivity index (χ2n) is 2.70. The summed E-state index contributed by atoms with van der Waals surface area (Å²) >= 11 is 0. The van der Waals surface area contributed by atoms with Crippen molar-refractivity contribution in [3.05, 3.63) is 0 Å². The van der Waals surface area contributed by atoms with E-state index in [-0.39, 0.29) is 0 Å². The maximum atomic E-state index is 3.81. The van der Waals surface area contributed by atoms with Crippen molar-refractivity contribution < 1.29 is 0 Å². The Kier molecular flexibility index (Phi) is 4.54. The SMILES string of the molecule is CC(C)/C=N/N=C\N(C)C. The maximum absolute atomic E-state index is 3.81. The molecule has 0 aromatic carbocycles. The van der Waals surface area contributed by atoms with Gasteiger partial charge in [-0.15, -0.1) is 5.10 Å². The van der Waals surface area contributed by atoms with Crippen LogP contribution in [-0.4, -0.2) is 31.5 Å². The Hall–Kier alpha value is -0.860. The molecular weight excluding hydrogens is 126 g/mol. The summed E-state index contributed by atoms with van der Waals surface area (Å²) in [5, 5.41) is 7.60. The molecule has 0 fully saturated rings. The van der Waals surface area contributed by atoms with Crippen LogP contribution in [0, 0.1) is 5.92 Å². The molecule has 0 N–H and O–H groups in total. The summed E-state index contributed by atoms with van der Waals surface area (Å²) in [6.45, 7) is 4.13. The smallest absolute Gasteiger partial charge is 0.113 e. The molecule has 0 spiro atoms. The molecule has 0 aliphatic heterocycles. The van der Waals surface area contributed by atoms with Gasteiger partial charge in [0.15, 0.2) is 0 Å². The average Bonchev–Trinajstić information content (AvgIpc) is 1.79. The largest absolute Gasteiger partial charge is 0.367 e. The highest BCUT2D eigenvalue weighted by Gasteiger charge is 1.81. The summed E-state index contributed by atoms with van der Waals surface area (Å²) in [6, 6.07) is 0. The summed E-state index contributed by atoms with van der Waals surface area (Å²) in [4.78, 5) is 1.84. The Morgan fingerprint density at radius 2 is 1.80 bits per heavy atom. The van der Waals surface area contributed by atoms with Crippen LogP contribution in [0.1, 0.15) is 13.8 Å². The van der Waals surface area contributed by atoms with Crippen molar-refractivity contribution >= 4 is 12.6 Å². The minimum Gasteiger partial charge on any atom is -0.367 e. The molecule has 0 aromatic heterocycles. The van der Waals surface area contributed by atoms with E-state index < -0.39 is 0 Å². The second-order valence-corrected chi connectivity index (χ2v) is 2.70. The zero-order valence-electron chi connectivity index (χ0n) is 7.07. The van der Waals surface area contributed by atoms with E-state index in [2.05, 4.69) is 24.1 Å². The van der Waals surface area contributed by atoms with Gasteiger partial charge in [-0.2, -0.15) is 5.10 Å². The summed E-state index contributed by atoms with van der Waals surface area (Å²) in [7, 11) is 3.82. The molecule has 0 aliphatic carbocycles. The fraction of sp³-hybridized carbons (Fsp3) is 0.714. The lowest BCUT2D eigenvalue weighted by atomic mass is 10.3. The molecule has 0 heterocycles. The lowest BCUT2D eigenvalue weighted by molar-refractivity contribution is 0.640. The van der Waals surface area contributed by atoms with Gasteiger partial charge in [-0.3, -0.25) is 0 Å². The molecule has 0 aliphatic rings. The molecule has 0 bridgehead atoms. The Morgan fingerprint density at radius 3 is 2.20 bits per heavy atom. The monoisotopic (exact) mass is 141 g/mol. The summed E-state index contributed by atoms with van der Waals surface area (Å²) in [5.74, 6) is 0.472. The molecule has 0 aromatic rings. The minimum atomic E-state index is 0.472. The number of rotatable bonds is 3. The first-order valence-electron chi connectivity index (χ1n) is 3.36. The lowest BCUT2D eigenvalue weighted by Gasteiger charge is -1.98. The van der Waals surface area contributed by atoms with Crippen LogP contribution in [-0.2, 0) is 0 Å². The summed E-state index contributed by atoms with van der Waals surface area (Å²) in [6.07, 6.45) is 3.47. The van der Waals surface area contributed by atoms with Gasteiger partial charge in [-0.05, 0) is 5.92 Å². The van der Waals surface area contributed by atoms with Gasteiger partial charge in [-0.1, -0.05) is 13.8 Å². The zero-order valence-corrected chi connectivity index (χ0v) is 7.07. The van der Waals surface area contributed by atoms with Gasteiger partial charge in [0.05, 0.1) is 0 Å². The maximum Gasteiger partial charge on any atom is 0.113 e. The predicted molar refractivity (Wildman–Crippen MR) is 45.5 cm³/mol. The molecular formula is C7H15N3. The molecule has 58 valence electrons. The normalized spacial score (nSPS) is 12.1. The van der Waals surface area contributed by atoms with Gasteiger partial charge < -0.3 is 4.90 Å². The summed E-state index contributed by atoms with van der Waals surface area (Å²) in [5.41, 5.74) is 0. The molecule has 0 saturated carbocycles. The van der Waals surface area contributed by atoms with E-state index in [1.807, 2.05) is 19.0 Å². The van der Waals surface area contributed by atoms with E-state index in [1.165, 1.54) is 0 Å². The van der Waals surface area contributed by atoms with E-state index in [1.54, 1.807) is 12.6 Å². The molecule has 3 nitrogen and oxygen atoms in total. The van der Waals surface area contributed by atoms with Gasteiger partial charge in [0, 0.05) is 20.3 Å².